The maximum absolute atomic E-state index is 5.39. The number of thiophene rings is 1. The van der Waals surface area contributed by atoms with E-state index in [1.165, 1.54) is 47.6 Å². The van der Waals surface area contributed by atoms with Gasteiger partial charge >= 0.3 is 0 Å². The van der Waals surface area contributed by atoms with Gasteiger partial charge in [-0.2, -0.15) is 0 Å². The zero-order chi connectivity index (χ0) is 39.1. The lowest BCUT2D eigenvalue weighted by molar-refractivity contribution is 1.18. The Balaban J connectivity index is 1.17. The van der Waals surface area contributed by atoms with E-state index in [0.717, 1.165) is 55.9 Å². The first-order valence-electron chi connectivity index (χ1n) is 20.0. The van der Waals surface area contributed by atoms with E-state index < -0.39 is 0 Å². The largest absolute Gasteiger partial charge is 0.228 e. The Labute approximate surface area is 347 Å². The van der Waals surface area contributed by atoms with Crippen LogP contribution in [0.4, 0.5) is 0 Å². The van der Waals surface area contributed by atoms with E-state index in [1.54, 1.807) is 0 Å². The van der Waals surface area contributed by atoms with Crippen LogP contribution in [0.2, 0.25) is 0 Å². The number of fused-ring (bicyclic) bond motifs is 4. The van der Waals surface area contributed by atoms with Gasteiger partial charge in [-0.25, -0.2) is 9.97 Å². The fourth-order valence-electron chi connectivity index (χ4n) is 8.42. The van der Waals surface area contributed by atoms with Gasteiger partial charge in [-0.05, 0) is 91.7 Å². The molecule has 276 valence electrons. The second-order valence-corrected chi connectivity index (χ2v) is 16.0. The van der Waals surface area contributed by atoms with Crippen LogP contribution in [-0.2, 0) is 0 Å². The average Bonchev–Trinajstić information content (AvgIpc) is 3.71. The molecule has 0 aliphatic carbocycles. The first-order valence-corrected chi connectivity index (χ1v) is 20.8. The molecule has 0 bridgehead atoms. The molecule has 0 radical (unpaired) electrons. The Kier molecular flexibility index (Phi) is 8.72. The molecule has 0 saturated carbocycles. The molecule has 0 aliphatic rings. The summed E-state index contributed by atoms with van der Waals surface area (Å²) in [5.74, 6) is 0.688. The topological polar surface area (TPSA) is 25.8 Å². The lowest BCUT2D eigenvalue weighted by atomic mass is 9.91. The molecule has 3 heteroatoms. The highest BCUT2D eigenvalue weighted by atomic mass is 32.1. The Morgan fingerprint density at radius 2 is 0.864 bits per heavy atom. The Bertz CT molecular complexity index is 3310. The predicted octanol–water partition coefficient (Wildman–Crippen LogP) is 15.7. The van der Waals surface area contributed by atoms with Crippen LogP contribution >= 0.6 is 11.3 Å². The highest BCUT2D eigenvalue weighted by Gasteiger charge is 2.19. The van der Waals surface area contributed by atoms with Gasteiger partial charge in [0.25, 0.3) is 0 Å². The molecule has 0 N–H and O–H groups in total. The number of rotatable bonds is 7. The third-order valence-corrected chi connectivity index (χ3v) is 12.5. The molecule has 59 heavy (non-hydrogen) atoms. The van der Waals surface area contributed by atoms with Crippen molar-refractivity contribution in [3.8, 4) is 78.4 Å². The second kappa shape index (κ2) is 14.8. The molecule has 2 aromatic heterocycles. The molecule has 0 unspecified atom stereocenters. The molecule has 11 aromatic rings. The third-order valence-electron chi connectivity index (χ3n) is 11.3. The van der Waals surface area contributed by atoms with Gasteiger partial charge in [-0.15, -0.1) is 11.3 Å². The molecule has 0 aliphatic heterocycles. The summed E-state index contributed by atoms with van der Waals surface area (Å²) in [5, 5.41) is 5.01. The van der Waals surface area contributed by atoms with Crippen molar-refractivity contribution in [2.45, 2.75) is 0 Å². The fraction of sp³-hybridized carbons (Fsp3) is 0. The van der Waals surface area contributed by atoms with Gasteiger partial charge in [0.15, 0.2) is 5.82 Å². The third kappa shape index (κ3) is 6.48. The number of hydrogen-bond acceptors (Lipinski definition) is 3. The first-order chi connectivity index (χ1) is 29.2. The van der Waals surface area contributed by atoms with Crippen LogP contribution in [0.15, 0.2) is 218 Å². The predicted molar refractivity (Wildman–Crippen MR) is 250 cm³/mol. The van der Waals surface area contributed by atoms with E-state index in [1.807, 2.05) is 17.4 Å². The average molecular weight is 769 g/mol. The quantitative estimate of drug-likeness (QED) is 0.161. The molecule has 0 fully saturated rings. The van der Waals surface area contributed by atoms with Crippen molar-refractivity contribution < 1.29 is 0 Å². The number of hydrogen-bond donors (Lipinski definition) is 0. The van der Waals surface area contributed by atoms with Gasteiger partial charge in [0, 0.05) is 36.9 Å². The summed E-state index contributed by atoms with van der Waals surface area (Å²) in [6.07, 6.45) is 0. The molecular weight excluding hydrogens is 733 g/mol. The minimum absolute atomic E-state index is 0.688. The van der Waals surface area contributed by atoms with Crippen molar-refractivity contribution in [1.29, 1.82) is 0 Å². The van der Waals surface area contributed by atoms with Crippen LogP contribution in [0.1, 0.15) is 0 Å². The monoisotopic (exact) mass is 768 g/mol. The molecule has 0 saturated heterocycles. The van der Waals surface area contributed by atoms with Crippen molar-refractivity contribution in [3.63, 3.8) is 0 Å². The number of nitrogens with zero attached hydrogens (tertiary/aromatic N) is 2. The van der Waals surface area contributed by atoms with Crippen LogP contribution in [0.3, 0.4) is 0 Å². The summed E-state index contributed by atoms with van der Waals surface area (Å²) in [5.41, 5.74) is 14.1. The Hall–Kier alpha value is -7.46. The van der Waals surface area contributed by atoms with Crippen LogP contribution < -0.4 is 0 Å². The molecule has 0 atom stereocenters. The van der Waals surface area contributed by atoms with E-state index in [-0.39, 0.29) is 0 Å². The summed E-state index contributed by atoms with van der Waals surface area (Å²) in [4.78, 5) is 10.7. The standard InChI is InChI=1S/C56H36N2S/c1-4-16-37(17-5-1)41-30-31-48(51(35-41)39-18-6-2-7-19-39)53-36-52(57-56(58-53)40-21-8-3-9-22-40)44-33-42(46-26-14-23-38-20-10-11-24-45(38)46)32-43(34-44)47-27-15-28-50-49-25-12-13-29-54(49)59-55(47)50/h1-36H. The van der Waals surface area contributed by atoms with Gasteiger partial charge in [-0.1, -0.05) is 182 Å². The zero-order valence-electron chi connectivity index (χ0n) is 32.1. The van der Waals surface area contributed by atoms with Crippen LogP contribution in [0.5, 0.6) is 0 Å². The van der Waals surface area contributed by atoms with Gasteiger partial charge in [-0.3, -0.25) is 0 Å². The minimum Gasteiger partial charge on any atom is -0.228 e. The first kappa shape index (κ1) is 34.8. The smallest absolute Gasteiger partial charge is 0.160 e. The number of aromatic nitrogens is 2. The van der Waals surface area contributed by atoms with Gasteiger partial charge in [0.1, 0.15) is 0 Å². The van der Waals surface area contributed by atoms with Crippen molar-refractivity contribution in [2.24, 2.45) is 0 Å². The SMILES string of the molecule is c1ccc(-c2ccc(-c3cc(-c4cc(-c5cccc6ccccc56)cc(-c5cccc6c5sc5ccccc56)c4)nc(-c4ccccc4)n3)c(-c3ccccc3)c2)cc1. The normalized spacial score (nSPS) is 11.4. The van der Waals surface area contributed by atoms with Crippen LogP contribution in [0, 0.1) is 0 Å². The van der Waals surface area contributed by atoms with Gasteiger partial charge in [0.05, 0.1) is 11.4 Å². The lowest BCUT2D eigenvalue weighted by Gasteiger charge is -2.16. The van der Waals surface area contributed by atoms with E-state index >= 15 is 0 Å². The summed E-state index contributed by atoms with van der Waals surface area (Å²) in [7, 11) is 0. The Morgan fingerprint density at radius 3 is 1.66 bits per heavy atom. The molecule has 11 rings (SSSR count). The second-order valence-electron chi connectivity index (χ2n) is 14.9. The van der Waals surface area contributed by atoms with E-state index in [4.69, 9.17) is 9.97 Å². The maximum atomic E-state index is 5.39. The maximum Gasteiger partial charge on any atom is 0.160 e. The molecule has 0 spiro atoms. The van der Waals surface area contributed by atoms with E-state index in [9.17, 15) is 0 Å². The number of benzene rings is 9. The van der Waals surface area contributed by atoms with Crippen LogP contribution in [-0.4, -0.2) is 9.97 Å². The highest BCUT2D eigenvalue weighted by molar-refractivity contribution is 7.26. The molecule has 2 heterocycles. The van der Waals surface area contributed by atoms with Crippen molar-refractivity contribution >= 4 is 42.3 Å². The zero-order valence-corrected chi connectivity index (χ0v) is 32.9. The van der Waals surface area contributed by atoms with Crippen LogP contribution in [0.25, 0.3) is 109 Å². The molecule has 2 nitrogen and oxygen atoms in total. The van der Waals surface area contributed by atoms with Crippen molar-refractivity contribution in [2.75, 3.05) is 0 Å². The molecular formula is C56H36N2S. The van der Waals surface area contributed by atoms with Crippen molar-refractivity contribution in [1.82, 2.24) is 9.97 Å². The highest BCUT2D eigenvalue weighted by Crippen LogP contribution is 2.43. The minimum atomic E-state index is 0.688. The van der Waals surface area contributed by atoms with Crippen molar-refractivity contribution in [3.05, 3.63) is 218 Å². The lowest BCUT2D eigenvalue weighted by Crippen LogP contribution is -1.98. The van der Waals surface area contributed by atoms with E-state index in [2.05, 4.69) is 212 Å². The molecule has 0 amide bonds. The summed E-state index contributed by atoms with van der Waals surface area (Å²) in [6.45, 7) is 0. The summed E-state index contributed by atoms with van der Waals surface area (Å²) < 4.78 is 2.58. The van der Waals surface area contributed by atoms with E-state index in [0.29, 0.717) is 5.82 Å². The summed E-state index contributed by atoms with van der Waals surface area (Å²) >= 11 is 1.86. The van der Waals surface area contributed by atoms with Gasteiger partial charge < -0.3 is 0 Å². The molecule has 9 aromatic carbocycles. The Morgan fingerprint density at radius 1 is 0.288 bits per heavy atom. The summed E-state index contributed by atoms with van der Waals surface area (Å²) in [6, 6.07) is 78.2. The van der Waals surface area contributed by atoms with Gasteiger partial charge in [0.2, 0.25) is 0 Å². The fourth-order valence-corrected chi connectivity index (χ4v) is 9.66.